The van der Waals surface area contributed by atoms with E-state index >= 15 is 0 Å². The van der Waals surface area contributed by atoms with Gasteiger partial charge < -0.3 is 31.7 Å². The molecule has 0 aromatic carbocycles. The Hall–Kier alpha value is -3.51. The molecule has 0 spiro atoms. The number of hydrogen-bond donors (Lipinski definition) is 5. The van der Waals surface area contributed by atoms with Gasteiger partial charge >= 0.3 is 0 Å². The van der Waals surface area contributed by atoms with Crippen LogP contribution in [0.1, 0.15) is 11.3 Å². The number of thiazole rings is 1. The fraction of sp³-hybridized carbons (Fsp3) is 0.278. The Morgan fingerprint density at radius 3 is 2.83 bits per heavy atom. The molecule has 0 saturated carbocycles. The van der Waals surface area contributed by atoms with Gasteiger partial charge in [0, 0.05) is 29.8 Å². The molecule has 0 aliphatic rings. The van der Waals surface area contributed by atoms with Crippen LogP contribution in [-0.2, 0) is 9.63 Å². The molecule has 1 amide bonds. The van der Waals surface area contributed by atoms with Crippen LogP contribution in [0.3, 0.4) is 0 Å². The molecule has 11 nitrogen and oxygen atoms in total. The minimum Gasteiger partial charge on any atom is -0.474 e. The Bertz CT molecular complexity index is 897. The second-order valence-electron chi connectivity index (χ2n) is 5.86. The summed E-state index contributed by atoms with van der Waals surface area (Å²) >= 11 is 1.19. The summed E-state index contributed by atoms with van der Waals surface area (Å²) in [6.45, 7) is 4.41. The molecule has 0 aliphatic heterocycles. The topological polar surface area (TPSA) is 174 Å². The standard InChI is InChI=1S/C18H24N8O3S/c1-3-12(9-22-2)24-17(27)15(13-10-30-18(21)25-13)26-29-7-6-28-14-5-4-11(8-23-14)16(19)20/h3-5,8,10,12,22H,1,6-7,9H2,2H3,(H3,19,20)(H2,21,25)(H,24,27)/b26-15-/t12-/m1/s1. The summed E-state index contributed by atoms with van der Waals surface area (Å²) in [5.41, 5.74) is 11.8. The average Bonchev–Trinajstić information content (AvgIpc) is 3.16. The van der Waals surface area contributed by atoms with Crippen molar-refractivity contribution in [1.82, 2.24) is 20.6 Å². The molecule has 2 aromatic heterocycles. The highest BCUT2D eigenvalue weighted by atomic mass is 32.1. The van der Waals surface area contributed by atoms with Gasteiger partial charge in [0.25, 0.3) is 5.91 Å². The van der Waals surface area contributed by atoms with Crippen LogP contribution < -0.4 is 26.8 Å². The van der Waals surface area contributed by atoms with Crippen molar-refractivity contribution in [3.63, 3.8) is 0 Å². The fourth-order valence-electron chi connectivity index (χ4n) is 2.17. The SMILES string of the molecule is C=C[C@H](CNC)NC(=O)/C(=N\OCCOc1ccc(C(=N)N)cn1)c1csc(N)n1. The molecule has 0 unspecified atom stereocenters. The van der Waals surface area contributed by atoms with E-state index in [-0.39, 0.29) is 30.8 Å². The molecule has 7 N–H and O–H groups in total. The molecular weight excluding hydrogens is 408 g/mol. The zero-order chi connectivity index (χ0) is 21.9. The normalized spacial score (nSPS) is 12.1. The third-order valence-corrected chi connectivity index (χ3v) is 4.31. The quantitative estimate of drug-likeness (QED) is 0.103. The minimum absolute atomic E-state index is 0.00478. The molecule has 2 heterocycles. The van der Waals surface area contributed by atoms with Gasteiger partial charge in [-0.3, -0.25) is 10.2 Å². The van der Waals surface area contributed by atoms with E-state index in [1.807, 2.05) is 0 Å². The van der Waals surface area contributed by atoms with Crippen LogP contribution in [0.4, 0.5) is 5.13 Å². The first-order valence-corrected chi connectivity index (χ1v) is 9.75. The van der Waals surface area contributed by atoms with Gasteiger partial charge in [-0.05, 0) is 13.1 Å². The molecule has 2 rings (SSSR count). The molecule has 12 heteroatoms. The maximum Gasteiger partial charge on any atom is 0.276 e. The maximum absolute atomic E-state index is 12.6. The fourth-order valence-corrected chi connectivity index (χ4v) is 2.72. The number of nitrogens with one attached hydrogen (secondary N) is 3. The summed E-state index contributed by atoms with van der Waals surface area (Å²) < 4.78 is 5.43. The van der Waals surface area contributed by atoms with E-state index in [0.717, 1.165) is 0 Å². The number of nitrogen functional groups attached to an aromatic ring is 2. The van der Waals surface area contributed by atoms with Crippen molar-refractivity contribution in [2.75, 3.05) is 32.5 Å². The summed E-state index contributed by atoms with van der Waals surface area (Å²) in [6, 6.07) is 2.92. The first-order valence-electron chi connectivity index (χ1n) is 8.87. The molecule has 0 saturated heterocycles. The van der Waals surface area contributed by atoms with Gasteiger partial charge in [-0.25, -0.2) is 9.97 Å². The average molecular weight is 433 g/mol. The van der Waals surface area contributed by atoms with Crippen LogP contribution in [0.2, 0.25) is 0 Å². The number of oxime groups is 1. The Kier molecular flexibility index (Phi) is 8.72. The van der Waals surface area contributed by atoms with Crippen molar-refractivity contribution in [2.24, 2.45) is 10.9 Å². The second-order valence-corrected chi connectivity index (χ2v) is 6.75. The monoisotopic (exact) mass is 432 g/mol. The van der Waals surface area contributed by atoms with E-state index in [1.165, 1.54) is 17.5 Å². The van der Waals surface area contributed by atoms with Crippen molar-refractivity contribution in [2.45, 2.75) is 6.04 Å². The number of rotatable bonds is 12. The van der Waals surface area contributed by atoms with Crippen LogP contribution in [0.25, 0.3) is 0 Å². The number of carbonyl (C=O) groups is 1. The van der Waals surface area contributed by atoms with Crippen molar-refractivity contribution in [3.8, 4) is 5.88 Å². The van der Waals surface area contributed by atoms with Crippen LogP contribution in [0.15, 0.2) is 41.5 Å². The Labute approximate surface area is 177 Å². The predicted molar refractivity (Wildman–Crippen MR) is 116 cm³/mol. The first kappa shape index (κ1) is 22.8. The molecule has 2 aromatic rings. The number of pyridine rings is 1. The van der Waals surface area contributed by atoms with Crippen molar-refractivity contribution >= 4 is 33.9 Å². The van der Waals surface area contributed by atoms with Crippen LogP contribution in [-0.4, -0.2) is 60.3 Å². The molecular formula is C18H24N8O3S. The third-order valence-electron chi connectivity index (χ3n) is 3.63. The van der Waals surface area contributed by atoms with Gasteiger partial charge in [-0.1, -0.05) is 11.2 Å². The smallest absolute Gasteiger partial charge is 0.276 e. The highest BCUT2D eigenvalue weighted by Gasteiger charge is 2.20. The molecule has 160 valence electrons. The summed E-state index contributed by atoms with van der Waals surface area (Å²) in [6.07, 6.45) is 3.05. The molecule has 0 radical (unpaired) electrons. The summed E-state index contributed by atoms with van der Waals surface area (Å²) in [5, 5.41) is 18.9. The number of ether oxygens (including phenoxy) is 1. The lowest BCUT2D eigenvalue weighted by atomic mass is 10.2. The molecule has 1 atom stereocenters. The van der Waals surface area contributed by atoms with Crippen molar-refractivity contribution < 1.29 is 14.4 Å². The Morgan fingerprint density at radius 2 is 2.27 bits per heavy atom. The largest absolute Gasteiger partial charge is 0.474 e. The van der Waals surface area contributed by atoms with Gasteiger partial charge in [-0.2, -0.15) is 0 Å². The van der Waals surface area contributed by atoms with E-state index in [1.54, 1.807) is 30.6 Å². The van der Waals surface area contributed by atoms with Crippen molar-refractivity contribution in [3.05, 3.63) is 47.6 Å². The number of amidine groups is 1. The highest BCUT2D eigenvalue weighted by molar-refractivity contribution is 7.13. The Morgan fingerprint density at radius 1 is 1.47 bits per heavy atom. The highest BCUT2D eigenvalue weighted by Crippen LogP contribution is 2.13. The number of likely N-dealkylation sites (N-methyl/N-ethyl adjacent to an activating group) is 1. The number of hydrogen-bond acceptors (Lipinski definition) is 10. The predicted octanol–water partition coefficient (Wildman–Crippen LogP) is 0.0943. The molecule has 30 heavy (non-hydrogen) atoms. The number of amides is 1. The van der Waals surface area contributed by atoms with Crippen LogP contribution >= 0.6 is 11.3 Å². The second kappa shape index (κ2) is 11.5. The van der Waals surface area contributed by atoms with Gasteiger partial charge in [0.2, 0.25) is 5.88 Å². The van der Waals surface area contributed by atoms with Gasteiger partial charge in [0.15, 0.2) is 17.5 Å². The van der Waals surface area contributed by atoms with E-state index in [2.05, 4.69) is 32.3 Å². The zero-order valence-electron chi connectivity index (χ0n) is 16.4. The number of anilines is 1. The summed E-state index contributed by atoms with van der Waals surface area (Å²) in [5.74, 6) is -0.199. The maximum atomic E-state index is 12.6. The van der Waals surface area contributed by atoms with Gasteiger partial charge in [0.1, 0.15) is 18.1 Å². The number of nitrogens with zero attached hydrogens (tertiary/aromatic N) is 3. The lowest BCUT2D eigenvalue weighted by Gasteiger charge is -2.14. The van der Waals surface area contributed by atoms with Gasteiger partial charge in [0.05, 0.1) is 6.04 Å². The molecule has 0 aliphatic carbocycles. The lowest BCUT2D eigenvalue weighted by molar-refractivity contribution is -0.115. The van der Waals surface area contributed by atoms with E-state index in [4.69, 9.17) is 26.5 Å². The third kappa shape index (κ3) is 6.83. The molecule has 0 fully saturated rings. The lowest BCUT2D eigenvalue weighted by Crippen LogP contribution is -2.43. The summed E-state index contributed by atoms with van der Waals surface area (Å²) in [4.78, 5) is 26.0. The zero-order valence-corrected chi connectivity index (χ0v) is 17.2. The summed E-state index contributed by atoms with van der Waals surface area (Å²) in [7, 11) is 1.77. The molecule has 0 bridgehead atoms. The van der Waals surface area contributed by atoms with Crippen molar-refractivity contribution in [1.29, 1.82) is 5.41 Å². The van der Waals surface area contributed by atoms with E-state index in [0.29, 0.717) is 28.8 Å². The van der Waals surface area contributed by atoms with Gasteiger partial charge in [-0.15, -0.1) is 17.9 Å². The minimum atomic E-state index is -0.470. The van der Waals surface area contributed by atoms with Crippen LogP contribution in [0, 0.1) is 5.41 Å². The Balaban J connectivity index is 1.96. The number of nitrogens with two attached hydrogens (primary N) is 2. The van der Waals surface area contributed by atoms with E-state index in [9.17, 15) is 4.79 Å². The first-order chi connectivity index (χ1) is 14.4. The van der Waals surface area contributed by atoms with Crippen LogP contribution in [0.5, 0.6) is 5.88 Å². The van der Waals surface area contributed by atoms with E-state index < -0.39 is 5.91 Å². The number of aromatic nitrogens is 2. The number of carbonyl (C=O) groups excluding carboxylic acids is 1.